The molecule has 4 nitrogen and oxygen atoms in total. The predicted octanol–water partition coefficient (Wildman–Crippen LogP) is 3.87. The van der Waals surface area contributed by atoms with Crippen LogP contribution in [0.5, 0.6) is 0 Å². The number of fused-ring (bicyclic) bond motifs is 1. The van der Waals surface area contributed by atoms with Crippen LogP contribution in [0.1, 0.15) is 22.4 Å². The fourth-order valence-electron chi connectivity index (χ4n) is 3.05. The summed E-state index contributed by atoms with van der Waals surface area (Å²) in [5, 5.41) is 0.865. The molecular weight excluding hydrogens is 415 g/mol. The second-order valence-corrected chi connectivity index (χ2v) is 8.17. The van der Waals surface area contributed by atoms with Crippen molar-refractivity contribution >= 4 is 45.6 Å². The van der Waals surface area contributed by atoms with Crippen molar-refractivity contribution in [1.82, 2.24) is 9.38 Å². The minimum absolute atomic E-state index is 0.203. The summed E-state index contributed by atoms with van der Waals surface area (Å²) >= 11 is 13.2. The molecule has 0 saturated heterocycles. The molecule has 140 valence electrons. The summed E-state index contributed by atoms with van der Waals surface area (Å²) < 4.78 is 1.98. The van der Waals surface area contributed by atoms with Crippen molar-refractivity contribution in [3.05, 3.63) is 106 Å². The molecule has 0 atom stereocenters. The van der Waals surface area contributed by atoms with Crippen molar-refractivity contribution in [1.29, 1.82) is 0 Å². The highest BCUT2D eigenvalue weighted by Crippen LogP contribution is 2.22. The monoisotopic (exact) mass is 428 g/mol. The third kappa shape index (κ3) is 3.49. The maximum absolute atomic E-state index is 13.0. The number of benzene rings is 2. The second-order valence-electron chi connectivity index (χ2n) is 6.35. The van der Waals surface area contributed by atoms with E-state index in [1.807, 2.05) is 30.3 Å². The minimum Gasteiger partial charge on any atom is -0.267 e. The molecule has 0 aliphatic rings. The van der Waals surface area contributed by atoms with E-state index in [9.17, 15) is 9.59 Å². The Morgan fingerprint density at radius 1 is 1.07 bits per heavy atom. The number of aryl methyl sites for hydroxylation is 1. The van der Waals surface area contributed by atoms with Crippen molar-refractivity contribution in [2.75, 3.05) is 0 Å². The van der Waals surface area contributed by atoms with Gasteiger partial charge in [0.05, 0.1) is 14.6 Å². The topological polar surface area (TPSA) is 51.4 Å². The fourth-order valence-corrected chi connectivity index (χ4v) is 4.36. The van der Waals surface area contributed by atoms with E-state index in [0.29, 0.717) is 37.2 Å². The summed E-state index contributed by atoms with van der Waals surface area (Å²) in [5.74, 6) is 0. The largest absolute Gasteiger partial charge is 0.277 e. The van der Waals surface area contributed by atoms with Crippen LogP contribution in [-0.2, 0) is 6.42 Å². The summed E-state index contributed by atoms with van der Waals surface area (Å²) in [6.45, 7) is 1.78. The van der Waals surface area contributed by atoms with E-state index < -0.39 is 0 Å². The van der Waals surface area contributed by atoms with Crippen molar-refractivity contribution in [3.63, 3.8) is 0 Å². The number of hydrogen-bond donors (Lipinski definition) is 0. The van der Waals surface area contributed by atoms with Gasteiger partial charge in [0.25, 0.3) is 11.1 Å². The number of thiazole rings is 1. The van der Waals surface area contributed by atoms with E-state index in [0.717, 1.165) is 11.1 Å². The Labute approximate surface area is 174 Å². The molecule has 0 radical (unpaired) electrons. The Balaban J connectivity index is 1.88. The quantitative estimate of drug-likeness (QED) is 0.497. The average Bonchev–Trinajstić information content (AvgIpc) is 2.98. The number of hydrogen-bond acceptors (Lipinski definition) is 4. The predicted molar refractivity (Wildman–Crippen MR) is 115 cm³/mol. The van der Waals surface area contributed by atoms with Gasteiger partial charge < -0.3 is 0 Å². The third-order valence-electron chi connectivity index (χ3n) is 4.50. The van der Waals surface area contributed by atoms with Crippen LogP contribution in [0.3, 0.4) is 0 Å². The molecule has 4 aromatic rings. The van der Waals surface area contributed by atoms with E-state index in [1.165, 1.54) is 15.7 Å². The number of aromatic nitrogens is 2. The standard InChI is InChI=1S/C21H14Cl2N2O2S/c1-12-15(9-13-5-3-2-4-6-13)19(26)24-21-25(12)20(27)18(28-21)11-14-7-8-16(22)17(23)10-14/h2-8,10-11H,9H2,1H3/b18-11+. The lowest BCUT2D eigenvalue weighted by Gasteiger charge is -2.06. The van der Waals surface area contributed by atoms with Crippen molar-refractivity contribution in [2.45, 2.75) is 13.3 Å². The summed E-state index contributed by atoms with van der Waals surface area (Å²) in [5.41, 5.74) is 2.39. The fraction of sp³-hybridized carbons (Fsp3) is 0.0952. The van der Waals surface area contributed by atoms with Gasteiger partial charge in [-0.3, -0.25) is 14.0 Å². The van der Waals surface area contributed by atoms with Crippen LogP contribution in [0, 0.1) is 6.92 Å². The van der Waals surface area contributed by atoms with Crippen LogP contribution >= 0.6 is 34.5 Å². The first-order chi connectivity index (χ1) is 13.4. The molecule has 4 rings (SSSR count). The van der Waals surface area contributed by atoms with Gasteiger partial charge in [0.15, 0.2) is 0 Å². The maximum atomic E-state index is 13.0. The Kier molecular flexibility index (Phi) is 5.06. The normalized spacial score (nSPS) is 12.0. The van der Waals surface area contributed by atoms with E-state index in [-0.39, 0.29) is 11.1 Å². The minimum atomic E-state index is -0.302. The van der Waals surface area contributed by atoms with E-state index in [2.05, 4.69) is 4.98 Å². The van der Waals surface area contributed by atoms with Gasteiger partial charge in [-0.1, -0.05) is 70.9 Å². The first-order valence-electron chi connectivity index (χ1n) is 8.50. The number of rotatable bonds is 3. The van der Waals surface area contributed by atoms with Gasteiger partial charge in [0, 0.05) is 17.7 Å². The molecule has 0 N–H and O–H groups in total. The Bertz CT molecular complexity index is 1360. The molecule has 0 aliphatic heterocycles. The summed E-state index contributed by atoms with van der Waals surface area (Å²) in [7, 11) is 0. The number of nitrogens with zero attached hydrogens (tertiary/aromatic N) is 2. The maximum Gasteiger partial charge on any atom is 0.277 e. The first kappa shape index (κ1) is 18.9. The van der Waals surface area contributed by atoms with Gasteiger partial charge >= 0.3 is 0 Å². The highest BCUT2D eigenvalue weighted by atomic mass is 35.5. The molecule has 2 aromatic heterocycles. The molecule has 2 aromatic carbocycles. The van der Waals surface area contributed by atoms with Gasteiger partial charge in [-0.15, -0.1) is 0 Å². The van der Waals surface area contributed by atoms with Gasteiger partial charge in [0.2, 0.25) is 4.96 Å². The molecule has 0 spiro atoms. The zero-order valence-electron chi connectivity index (χ0n) is 14.8. The van der Waals surface area contributed by atoms with Crippen LogP contribution in [0.2, 0.25) is 10.0 Å². The highest BCUT2D eigenvalue weighted by Gasteiger charge is 2.14. The van der Waals surface area contributed by atoms with Crippen LogP contribution < -0.4 is 15.7 Å². The first-order valence-corrected chi connectivity index (χ1v) is 10.1. The Morgan fingerprint density at radius 2 is 1.82 bits per heavy atom. The van der Waals surface area contributed by atoms with Crippen LogP contribution in [0.25, 0.3) is 11.0 Å². The molecule has 28 heavy (non-hydrogen) atoms. The number of halogens is 2. The smallest absolute Gasteiger partial charge is 0.267 e. The Morgan fingerprint density at radius 3 is 2.54 bits per heavy atom. The van der Waals surface area contributed by atoms with E-state index >= 15 is 0 Å². The molecular formula is C21H14Cl2N2O2S. The average molecular weight is 429 g/mol. The van der Waals surface area contributed by atoms with Crippen molar-refractivity contribution in [3.8, 4) is 0 Å². The second kappa shape index (κ2) is 7.51. The molecule has 0 aliphatic carbocycles. The SMILES string of the molecule is Cc1c(Cc2ccccc2)c(=O)nc2s/c(=C/c3ccc(Cl)c(Cl)c3)c(=O)n12. The van der Waals surface area contributed by atoms with Gasteiger partial charge in [-0.25, -0.2) is 0 Å². The molecule has 0 bridgehead atoms. The zero-order chi connectivity index (χ0) is 19.8. The summed E-state index contributed by atoms with van der Waals surface area (Å²) in [6.07, 6.45) is 2.16. The lowest BCUT2D eigenvalue weighted by atomic mass is 10.1. The van der Waals surface area contributed by atoms with E-state index in [1.54, 1.807) is 31.2 Å². The molecule has 0 saturated carbocycles. The van der Waals surface area contributed by atoms with Crippen LogP contribution in [-0.4, -0.2) is 9.38 Å². The Hall–Kier alpha value is -2.47. The molecule has 7 heteroatoms. The van der Waals surface area contributed by atoms with Gasteiger partial charge in [-0.2, -0.15) is 4.98 Å². The molecule has 0 amide bonds. The van der Waals surface area contributed by atoms with Gasteiger partial charge in [0.1, 0.15) is 0 Å². The lowest BCUT2D eigenvalue weighted by Crippen LogP contribution is -2.27. The van der Waals surface area contributed by atoms with Crippen LogP contribution in [0.4, 0.5) is 0 Å². The van der Waals surface area contributed by atoms with Crippen LogP contribution in [0.15, 0.2) is 58.1 Å². The summed E-state index contributed by atoms with van der Waals surface area (Å²) in [4.78, 5) is 30.1. The highest BCUT2D eigenvalue weighted by molar-refractivity contribution is 7.15. The summed E-state index contributed by atoms with van der Waals surface area (Å²) in [6, 6.07) is 14.8. The molecule has 0 unspecified atom stereocenters. The van der Waals surface area contributed by atoms with Crippen molar-refractivity contribution in [2.24, 2.45) is 0 Å². The van der Waals surface area contributed by atoms with Gasteiger partial charge in [-0.05, 0) is 36.3 Å². The molecule has 0 fully saturated rings. The third-order valence-corrected chi connectivity index (χ3v) is 6.21. The molecule has 2 heterocycles. The lowest BCUT2D eigenvalue weighted by molar-refractivity contribution is 0.940. The van der Waals surface area contributed by atoms with Crippen molar-refractivity contribution < 1.29 is 0 Å². The van der Waals surface area contributed by atoms with E-state index in [4.69, 9.17) is 23.2 Å². The zero-order valence-corrected chi connectivity index (χ0v) is 17.1.